The van der Waals surface area contributed by atoms with E-state index >= 15 is 0 Å². The van der Waals surface area contributed by atoms with Crippen molar-refractivity contribution in [2.45, 2.75) is 13.8 Å². The van der Waals surface area contributed by atoms with Crippen molar-refractivity contribution in [3.8, 4) is 0 Å². The molecule has 0 unspecified atom stereocenters. The van der Waals surface area contributed by atoms with Gasteiger partial charge in [-0.3, -0.25) is 0 Å². The van der Waals surface area contributed by atoms with Crippen molar-refractivity contribution >= 4 is 44.8 Å². The Hall–Kier alpha value is -0.380. The summed E-state index contributed by atoms with van der Waals surface area (Å²) in [6.07, 6.45) is 0. The predicted molar refractivity (Wildman–Crippen MR) is 56.9 cm³/mol. The van der Waals surface area contributed by atoms with Crippen LogP contribution in [0.4, 0.5) is 0 Å². The van der Waals surface area contributed by atoms with Crippen molar-refractivity contribution in [3.63, 3.8) is 0 Å². The molecule has 0 spiro atoms. The Bertz CT molecular complexity index is 478. The average molecular weight is 233 g/mol. The fourth-order valence-electron chi connectivity index (χ4n) is 1.14. The number of thiophene rings is 1. The second kappa shape index (κ2) is 3.08. The molecule has 2 heterocycles. The SMILES string of the molecule is Cc1sc2c(Cl)nc(Cl)nc2c1C. The highest BCUT2D eigenvalue weighted by molar-refractivity contribution is 7.19. The molecule has 0 saturated carbocycles. The molecule has 0 aliphatic carbocycles. The minimum absolute atomic E-state index is 0.207. The third kappa shape index (κ3) is 1.41. The minimum atomic E-state index is 0.207. The van der Waals surface area contributed by atoms with Crippen LogP contribution in [0.1, 0.15) is 10.4 Å². The molecule has 0 saturated heterocycles. The van der Waals surface area contributed by atoms with E-state index in [1.807, 2.05) is 13.8 Å². The molecule has 0 fully saturated rings. The Balaban J connectivity index is 2.94. The molecule has 0 N–H and O–H groups in total. The van der Waals surface area contributed by atoms with Gasteiger partial charge in [0.15, 0.2) is 5.15 Å². The van der Waals surface area contributed by atoms with Crippen molar-refractivity contribution in [3.05, 3.63) is 20.9 Å². The van der Waals surface area contributed by atoms with Gasteiger partial charge in [0.1, 0.15) is 0 Å². The lowest BCUT2D eigenvalue weighted by Crippen LogP contribution is -1.84. The molecular weight excluding hydrogens is 227 g/mol. The maximum absolute atomic E-state index is 5.92. The highest BCUT2D eigenvalue weighted by Crippen LogP contribution is 2.33. The molecule has 0 atom stereocenters. The summed E-state index contributed by atoms with van der Waals surface area (Å²) in [6, 6.07) is 0. The maximum atomic E-state index is 5.92. The third-order valence-corrected chi connectivity index (χ3v) is 3.69. The average Bonchev–Trinajstić information content (AvgIpc) is 2.32. The van der Waals surface area contributed by atoms with Crippen LogP contribution in [0.5, 0.6) is 0 Å². The Morgan fingerprint density at radius 3 is 2.54 bits per heavy atom. The Morgan fingerprint density at radius 1 is 1.15 bits per heavy atom. The summed E-state index contributed by atoms with van der Waals surface area (Å²) in [7, 11) is 0. The van der Waals surface area contributed by atoms with E-state index in [9.17, 15) is 0 Å². The smallest absolute Gasteiger partial charge is 0.217 e. The van der Waals surface area contributed by atoms with Gasteiger partial charge in [0.25, 0.3) is 0 Å². The van der Waals surface area contributed by atoms with Gasteiger partial charge in [0, 0.05) is 4.88 Å². The van der Waals surface area contributed by atoms with Crippen LogP contribution >= 0.6 is 34.5 Å². The molecule has 2 nitrogen and oxygen atoms in total. The van der Waals surface area contributed by atoms with Gasteiger partial charge in [-0.2, -0.15) is 0 Å². The summed E-state index contributed by atoms with van der Waals surface area (Å²) in [6.45, 7) is 4.04. The fourth-order valence-corrected chi connectivity index (χ4v) is 2.62. The molecule has 0 aliphatic rings. The summed E-state index contributed by atoms with van der Waals surface area (Å²) in [4.78, 5) is 9.23. The number of hydrogen-bond acceptors (Lipinski definition) is 3. The largest absolute Gasteiger partial charge is 0.224 e. The van der Waals surface area contributed by atoms with Gasteiger partial charge in [-0.05, 0) is 31.0 Å². The molecule has 0 bridgehead atoms. The molecular formula is C8H6Cl2N2S. The van der Waals surface area contributed by atoms with E-state index < -0.39 is 0 Å². The summed E-state index contributed by atoms with van der Waals surface area (Å²) < 4.78 is 0.918. The van der Waals surface area contributed by atoms with E-state index in [2.05, 4.69) is 9.97 Å². The van der Waals surface area contributed by atoms with Crippen LogP contribution in [0.3, 0.4) is 0 Å². The van der Waals surface area contributed by atoms with Crippen LogP contribution in [0.2, 0.25) is 10.4 Å². The summed E-state index contributed by atoms with van der Waals surface area (Å²) >= 11 is 13.2. The molecule has 2 rings (SSSR count). The quantitative estimate of drug-likeness (QED) is 0.513. The van der Waals surface area contributed by atoms with E-state index in [4.69, 9.17) is 23.2 Å². The van der Waals surface area contributed by atoms with Crippen molar-refractivity contribution < 1.29 is 0 Å². The van der Waals surface area contributed by atoms with Crippen LogP contribution < -0.4 is 0 Å². The van der Waals surface area contributed by atoms with E-state index in [0.717, 1.165) is 15.8 Å². The zero-order valence-corrected chi connectivity index (χ0v) is 9.39. The van der Waals surface area contributed by atoms with E-state index in [1.165, 1.54) is 4.88 Å². The van der Waals surface area contributed by atoms with Crippen LogP contribution in [0, 0.1) is 13.8 Å². The number of fused-ring (bicyclic) bond motifs is 1. The molecule has 0 radical (unpaired) electrons. The predicted octanol–water partition coefficient (Wildman–Crippen LogP) is 3.61. The van der Waals surface area contributed by atoms with Crippen molar-refractivity contribution in [2.75, 3.05) is 0 Å². The van der Waals surface area contributed by atoms with Gasteiger partial charge in [-0.15, -0.1) is 11.3 Å². The minimum Gasteiger partial charge on any atom is -0.217 e. The van der Waals surface area contributed by atoms with Crippen LogP contribution in [-0.2, 0) is 0 Å². The Kier molecular flexibility index (Phi) is 2.18. The van der Waals surface area contributed by atoms with E-state index in [-0.39, 0.29) is 5.28 Å². The first-order valence-electron chi connectivity index (χ1n) is 3.68. The fraction of sp³-hybridized carbons (Fsp3) is 0.250. The Labute approximate surface area is 89.5 Å². The maximum Gasteiger partial charge on any atom is 0.224 e. The third-order valence-electron chi connectivity index (χ3n) is 1.94. The van der Waals surface area contributed by atoms with E-state index in [0.29, 0.717) is 5.15 Å². The zero-order valence-electron chi connectivity index (χ0n) is 7.06. The molecule has 0 aromatic carbocycles. The van der Waals surface area contributed by atoms with Crippen molar-refractivity contribution in [2.24, 2.45) is 0 Å². The molecule has 5 heteroatoms. The van der Waals surface area contributed by atoms with Crippen LogP contribution in [0.15, 0.2) is 0 Å². The standard InChI is InChI=1S/C8H6Cl2N2S/c1-3-4(2)13-6-5(3)11-8(10)12-7(6)9/h1-2H3. The van der Waals surface area contributed by atoms with Crippen molar-refractivity contribution in [1.82, 2.24) is 9.97 Å². The molecule has 2 aromatic heterocycles. The molecule has 13 heavy (non-hydrogen) atoms. The van der Waals surface area contributed by atoms with Gasteiger partial charge >= 0.3 is 0 Å². The normalized spacial score (nSPS) is 11.1. The number of halogens is 2. The molecule has 0 aliphatic heterocycles. The lowest BCUT2D eigenvalue weighted by molar-refractivity contribution is 1.22. The summed E-state index contributed by atoms with van der Waals surface area (Å²) in [5.74, 6) is 0. The number of nitrogens with zero attached hydrogens (tertiary/aromatic N) is 2. The molecule has 68 valence electrons. The number of aryl methyl sites for hydroxylation is 2. The van der Waals surface area contributed by atoms with Crippen LogP contribution in [-0.4, -0.2) is 9.97 Å². The Morgan fingerprint density at radius 2 is 1.85 bits per heavy atom. The summed E-state index contributed by atoms with van der Waals surface area (Å²) in [5.41, 5.74) is 2.00. The molecule has 2 aromatic rings. The zero-order chi connectivity index (χ0) is 9.59. The van der Waals surface area contributed by atoms with Gasteiger partial charge < -0.3 is 0 Å². The molecule has 0 amide bonds. The van der Waals surface area contributed by atoms with Gasteiger partial charge in [-0.1, -0.05) is 11.6 Å². The second-order valence-corrected chi connectivity index (χ2v) is 4.67. The van der Waals surface area contributed by atoms with Crippen molar-refractivity contribution in [1.29, 1.82) is 0 Å². The number of hydrogen-bond donors (Lipinski definition) is 0. The van der Waals surface area contributed by atoms with Gasteiger partial charge in [0.2, 0.25) is 5.28 Å². The lowest BCUT2D eigenvalue weighted by atomic mass is 10.2. The lowest BCUT2D eigenvalue weighted by Gasteiger charge is -1.94. The monoisotopic (exact) mass is 232 g/mol. The second-order valence-electron chi connectivity index (χ2n) is 2.74. The first kappa shape index (κ1) is 9.19. The first-order valence-corrected chi connectivity index (χ1v) is 5.25. The highest BCUT2D eigenvalue weighted by Gasteiger charge is 2.11. The topological polar surface area (TPSA) is 25.8 Å². The first-order chi connectivity index (χ1) is 6.09. The van der Waals surface area contributed by atoms with Gasteiger partial charge in [0.05, 0.1) is 10.2 Å². The van der Waals surface area contributed by atoms with E-state index in [1.54, 1.807) is 11.3 Å². The highest BCUT2D eigenvalue weighted by atomic mass is 35.5. The van der Waals surface area contributed by atoms with Gasteiger partial charge in [-0.25, -0.2) is 9.97 Å². The van der Waals surface area contributed by atoms with Crippen LogP contribution in [0.25, 0.3) is 10.2 Å². The summed E-state index contributed by atoms with van der Waals surface area (Å²) in [5, 5.41) is 0.648. The number of aromatic nitrogens is 2. The number of rotatable bonds is 0.